The van der Waals surface area contributed by atoms with Crippen molar-refractivity contribution in [3.05, 3.63) is 18.2 Å². The lowest BCUT2D eigenvalue weighted by Gasteiger charge is -2.27. The molecule has 1 aliphatic rings. The van der Waals surface area contributed by atoms with E-state index in [2.05, 4.69) is 24.2 Å². The fraction of sp³-hybridized carbons (Fsp3) is 0.300. The minimum absolute atomic E-state index is 0.0825. The first-order chi connectivity index (χ1) is 6.07. The molecule has 1 aromatic carbocycles. The predicted octanol–water partition coefficient (Wildman–Crippen LogP) is 2.18. The molecule has 2 rings (SSSR count). The Morgan fingerprint density at radius 3 is 2.92 bits per heavy atom. The Labute approximate surface area is 77.7 Å². The second-order valence-corrected chi connectivity index (χ2v) is 3.88. The highest BCUT2D eigenvalue weighted by Gasteiger charge is 2.19. The summed E-state index contributed by atoms with van der Waals surface area (Å²) < 4.78 is 0. The minimum atomic E-state index is -0.0825. The highest BCUT2D eigenvalue weighted by atomic mass is 15.0. The van der Waals surface area contributed by atoms with E-state index in [0.717, 1.165) is 17.1 Å². The van der Waals surface area contributed by atoms with Crippen molar-refractivity contribution in [3.8, 4) is 0 Å². The second-order valence-electron chi connectivity index (χ2n) is 3.88. The number of fused-ring (bicyclic) bond motifs is 1. The zero-order chi connectivity index (χ0) is 9.47. The van der Waals surface area contributed by atoms with Crippen LogP contribution in [0.25, 0.3) is 0 Å². The molecule has 0 fully saturated rings. The third-order valence-electron chi connectivity index (χ3n) is 2.00. The maximum Gasteiger partial charge on any atom is 0.0859 e. The summed E-state index contributed by atoms with van der Waals surface area (Å²) >= 11 is 0. The third-order valence-corrected chi connectivity index (χ3v) is 2.00. The molecule has 0 aliphatic carbocycles. The SMILES string of the molecule is CC1(C)C=Nc2ccc(N)cc2N1. The maximum atomic E-state index is 5.68. The summed E-state index contributed by atoms with van der Waals surface area (Å²) in [7, 11) is 0. The van der Waals surface area contributed by atoms with Crippen molar-refractivity contribution >= 4 is 23.3 Å². The molecule has 0 saturated carbocycles. The predicted molar refractivity (Wildman–Crippen MR) is 56.7 cm³/mol. The van der Waals surface area contributed by atoms with Gasteiger partial charge in [0, 0.05) is 11.9 Å². The van der Waals surface area contributed by atoms with Gasteiger partial charge in [0.1, 0.15) is 0 Å². The van der Waals surface area contributed by atoms with Gasteiger partial charge in [-0.2, -0.15) is 0 Å². The van der Waals surface area contributed by atoms with E-state index in [1.165, 1.54) is 0 Å². The van der Waals surface area contributed by atoms with Crippen molar-refractivity contribution in [2.45, 2.75) is 19.4 Å². The molecule has 3 N–H and O–H groups in total. The van der Waals surface area contributed by atoms with Crippen LogP contribution in [0.15, 0.2) is 23.2 Å². The van der Waals surface area contributed by atoms with Crippen LogP contribution in [0.5, 0.6) is 0 Å². The highest BCUT2D eigenvalue weighted by molar-refractivity contribution is 5.86. The van der Waals surface area contributed by atoms with Crippen molar-refractivity contribution in [2.75, 3.05) is 11.1 Å². The zero-order valence-corrected chi connectivity index (χ0v) is 7.83. The zero-order valence-electron chi connectivity index (χ0n) is 7.83. The van der Waals surface area contributed by atoms with Crippen LogP contribution in [0.4, 0.5) is 17.1 Å². The van der Waals surface area contributed by atoms with E-state index < -0.39 is 0 Å². The van der Waals surface area contributed by atoms with Crippen molar-refractivity contribution in [3.63, 3.8) is 0 Å². The number of benzene rings is 1. The van der Waals surface area contributed by atoms with Gasteiger partial charge in [-0.25, -0.2) is 0 Å². The molecular formula is C10H13N3. The standard InChI is InChI=1S/C10H13N3/c1-10(2)6-12-8-4-3-7(11)5-9(8)13-10/h3-6,13H,11H2,1-2H3. The Hall–Kier alpha value is -1.51. The van der Waals surface area contributed by atoms with Gasteiger partial charge < -0.3 is 11.1 Å². The van der Waals surface area contributed by atoms with Crippen LogP contribution in [-0.4, -0.2) is 11.8 Å². The molecule has 1 aromatic rings. The van der Waals surface area contributed by atoms with Crippen LogP contribution in [0.3, 0.4) is 0 Å². The van der Waals surface area contributed by atoms with Gasteiger partial charge in [0.2, 0.25) is 0 Å². The molecule has 3 heteroatoms. The first kappa shape index (κ1) is 8.10. The number of hydrogen-bond donors (Lipinski definition) is 2. The third kappa shape index (κ3) is 1.49. The molecule has 1 heterocycles. The molecule has 0 bridgehead atoms. The first-order valence-electron chi connectivity index (χ1n) is 4.30. The Kier molecular flexibility index (Phi) is 1.55. The van der Waals surface area contributed by atoms with Crippen molar-refractivity contribution in [1.29, 1.82) is 0 Å². The van der Waals surface area contributed by atoms with Crippen molar-refractivity contribution in [2.24, 2.45) is 4.99 Å². The van der Waals surface area contributed by atoms with E-state index in [-0.39, 0.29) is 5.54 Å². The number of rotatable bonds is 0. The molecule has 13 heavy (non-hydrogen) atoms. The van der Waals surface area contributed by atoms with Gasteiger partial charge in [0.25, 0.3) is 0 Å². The van der Waals surface area contributed by atoms with E-state index in [4.69, 9.17) is 5.73 Å². The van der Waals surface area contributed by atoms with Crippen molar-refractivity contribution in [1.82, 2.24) is 0 Å². The van der Waals surface area contributed by atoms with Crippen LogP contribution in [0, 0.1) is 0 Å². The molecule has 0 amide bonds. The quantitative estimate of drug-likeness (QED) is 0.594. The monoisotopic (exact) mass is 175 g/mol. The second kappa shape index (κ2) is 2.49. The lowest BCUT2D eigenvalue weighted by molar-refractivity contribution is 0.769. The Bertz CT molecular complexity index is 366. The van der Waals surface area contributed by atoms with E-state index in [0.29, 0.717) is 0 Å². The number of nitrogens with two attached hydrogens (primary N) is 1. The van der Waals surface area contributed by atoms with E-state index in [1.807, 2.05) is 24.4 Å². The molecule has 68 valence electrons. The summed E-state index contributed by atoms with van der Waals surface area (Å²) in [5.41, 5.74) is 8.32. The molecule has 0 aromatic heterocycles. The van der Waals surface area contributed by atoms with Gasteiger partial charge in [0.05, 0.1) is 16.9 Å². The minimum Gasteiger partial charge on any atom is -0.399 e. The number of nitrogens with one attached hydrogen (secondary N) is 1. The molecule has 3 nitrogen and oxygen atoms in total. The number of nitrogen functional groups attached to an aromatic ring is 1. The summed E-state index contributed by atoms with van der Waals surface area (Å²) in [5.74, 6) is 0. The number of nitrogens with zero attached hydrogens (tertiary/aromatic N) is 1. The fourth-order valence-corrected chi connectivity index (χ4v) is 1.38. The lowest BCUT2D eigenvalue weighted by atomic mass is 10.0. The number of hydrogen-bond acceptors (Lipinski definition) is 3. The molecule has 0 unspecified atom stereocenters. The molecule has 0 radical (unpaired) electrons. The lowest BCUT2D eigenvalue weighted by Crippen LogP contribution is -2.34. The summed E-state index contributed by atoms with van der Waals surface area (Å²) in [6, 6.07) is 5.69. The normalized spacial score (nSPS) is 17.7. The maximum absolute atomic E-state index is 5.68. The van der Waals surface area contributed by atoms with Gasteiger partial charge in [-0.15, -0.1) is 0 Å². The summed E-state index contributed by atoms with van der Waals surface area (Å²) in [6.45, 7) is 4.14. The first-order valence-corrected chi connectivity index (χ1v) is 4.30. The Morgan fingerprint density at radius 1 is 1.38 bits per heavy atom. The van der Waals surface area contributed by atoms with E-state index in [9.17, 15) is 0 Å². The van der Waals surface area contributed by atoms with Crippen LogP contribution in [0.2, 0.25) is 0 Å². The van der Waals surface area contributed by atoms with Crippen LogP contribution < -0.4 is 11.1 Å². The molecule has 1 aliphatic heterocycles. The molecular weight excluding hydrogens is 162 g/mol. The van der Waals surface area contributed by atoms with Crippen LogP contribution >= 0.6 is 0 Å². The number of anilines is 2. The Morgan fingerprint density at radius 2 is 2.15 bits per heavy atom. The van der Waals surface area contributed by atoms with Gasteiger partial charge in [-0.3, -0.25) is 4.99 Å². The molecule has 0 spiro atoms. The highest BCUT2D eigenvalue weighted by Crippen LogP contribution is 2.32. The molecule has 0 saturated heterocycles. The molecule has 0 atom stereocenters. The average Bonchev–Trinajstić information content (AvgIpc) is 2.01. The van der Waals surface area contributed by atoms with E-state index in [1.54, 1.807) is 0 Å². The topological polar surface area (TPSA) is 50.4 Å². The average molecular weight is 175 g/mol. The van der Waals surface area contributed by atoms with Gasteiger partial charge in [-0.1, -0.05) is 0 Å². The van der Waals surface area contributed by atoms with Crippen LogP contribution in [0.1, 0.15) is 13.8 Å². The van der Waals surface area contributed by atoms with Gasteiger partial charge >= 0.3 is 0 Å². The van der Waals surface area contributed by atoms with Gasteiger partial charge in [0.15, 0.2) is 0 Å². The summed E-state index contributed by atoms with van der Waals surface area (Å²) in [4.78, 5) is 4.34. The fourth-order valence-electron chi connectivity index (χ4n) is 1.38. The van der Waals surface area contributed by atoms with Gasteiger partial charge in [-0.05, 0) is 32.0 Å². The number of aliphatic imine (C=N–C) groups is 1. The summed E-state index contributed by atoms with van der Waals surface area (Å²) in [5, 5.41) is 3.35. The van der Waals surface area contributed by atoms with Crippen molar-refractivity contribution < 1.29 is 0 Å². The largest absolute Gasteiger partial charge is 0.399 e. The van der Waals surface area contributed by atoms with Crippen LogP contribution in [-0.2, 0) is 0 Å². The smallest absolute Gasteiger partial charge is 0.0859 e. The summed E-state index contributed by atoms with van der Waals surface area (Å²) in [6.07, 6.45) is 1.91. The van der Waals surface area contributed by atoms with E-state index >= 15 is 0 Å². The Balaban J connectivity index is 2.48.